The largest absolute Gasteiger partial charge is 0.479 e. The summed E-state index contributed by atoms with van der Waals surface area (Å²) in [6.45, 7) is 13.1. The molecule has 1 heterocycles. The molecule has 5 rings (SSSR count). The first kappa shape index (κ1) is 30.7. The van der Waals surface area contributed by atoms with Crippen LogP contribution in [0.4, 0.5) is 0 Å². The summed E-state index contributed by atoms with van der Waals surface area (Å²) in [6.07, 6.45) is 2.06. The van der Waals surface area contributed by atoms with E-state index in [1.807, 2.05) is 31.2 Å². The van der Waals surface area contributed by atoms with Crippen LogP contribution in [0.15, 0.2) is 60.7 Å². The van der Waals surface area contributed by atoms with Crippen LogP contribution in [0.5, 0.6) is 5.75 Å². The molecule has 7 heteroatoms. The number of carboxylic acid groups (broad SMARTS) is 1. The fourth-order valence-electron chi connectivity index (χ4n) is 5.54. The third-order valence-corrected chi connectivity index (χ3v) is 8.82. The normalized spacial score (nSPS) is 14.9. The second-order valence-electron chi connectivity index (χ2n) is 13.0. The monoisotopic (exact) mass is 600 g/mol. The summed E-state index contributed by atoms with van der Waals surface area (Å²) < 4.78 is 7.97. The van der Waals surface area contributed by atoms with Gasteiger partial charge in [-0.25, -0.2) is 4.79 Å². The van der Waals surface area contributed by atoms with Gasteiger partial charge in [0, 0.05) is 28.7 Å². The molecule has 2 N–H and O–H groups in total. The number of hydrogen-bond acceptors (Lipinski definition) is 3. The third-order valence-electron chi connectivity index (χ3n) is 8.51. The average Bonchev–Trinajstić information content (AvgIpc) is 3.75. The molecule has 0 aliphatic heterocycles. The Morgan fingerprint density at radius 2 is 1.74 bits per heavy atom. The lowest BCUT2D eigenvalue weighted by Gasteiger charge is -2.21. The van der Waals surface area contributed by atoms with Crippen molar-refractivity contribution in [2.45, 2.75) is 84.9 Å². The lowest BCUT2D eigenvalue weighted by molar-refractivity contribution is -0.144. The highest BCUT2D eigenvalue weighted by molar-refractivity contribution is 6.32. The van der Waals surface area contributed by atoms with Crippen molar-refractivity contribution in [1.29, 1.82) is 0 Å². The number of ether oxygens (including phenoxy) is 1. The molecule has 226 valence electrons. The molecule has 1 fully saturated rings. The predicted molar refractivity (Wildman–Crippen MR) is 172 cm³/mol. The van der Waals surface area contributed by atoms with Gasteiger partial charge in [-0.15, -0.1) is 0 Å². The molecular formula is C36H41ClN2O4. The molecule has 43 heavy (non-hydrogen) atoms. The van der Waals surface area contributed by atoms with Gasteiger partial charge in [-0.2, -0.15) is 0 Å². The number of rotatable bonds is 10. The van der Waals surface area contributed by atoms with Crippen molar-refractivity contribution in [2.75, 3.05) is 0 Å². The summed E-state index contributed by atoms with van der Waals surface area (Å²) in [7, 11) is 0. The number of amides is 1. The molecule has 0 radical (unpaired) electrons. The molecule has 1 saturated carbocycles. The molecule has 1 aliphatic rings. The van der Waals surface area contributed by atoms with E-state index in [0.717, 1.165) is 28.6 Å². The number of carbonyl (C=O) groups is 2. The zero-order valence-electron chi connectivity index (χ0n) is 25.8. The van der Waals surface area contributed by atoms with Gasteiger partial charge >= 0.3 is 5.97 Å². The maximum atomic E-state index is 13.4. The molecule has 0 saturated heterocycles. The van der Waals surface area contributed by atoms with E-state index in [4.69, 9.17) is 16.3 Å². The first-order valence-electron chi connectivity index (χ1n) is 15.0. The molecule has 1 aliphatic carbocycles. The molecule has 1 amide bonds. The van der Waals surface area contributed by atoms with Crippen molar-refractivity contribution in [3.8, 4) is 5.75 Å². The van der Waals surface area contributed by atoms with E-state index in [-0.39, 0.29) is 17.4 Å². The molecule has 2 atom stereocenters. The van der Waals surface area contributed by atoms with Crippen molar-refractivity contribution in [3.63, 3.8) is 0 Å². The van der Waals surface area contributed by atoms with Gasteiger partial charge < -0.3 is 19.7 Å². The molecule has 1 aromatic heterocycles. The Morgan fingerprint density at radius 3 is 2.37 bits per heavy atom. The van der Waals surface area contributed by atoms with E-state index in [2.05, 4.69) is 67.9 Å². The molecule has 0 unspecified atom stereocenters. The number of nitrogens with one attached hydrogen (secondary N) is 1. The molecule has 3 aromatic carbocycles. The summed E-state index contributed by atoms with van der Waals surface area (Å²) in [6, 6.07) is 19.8. The van der Waals surface area contributed by atoms with E-state index in [0.29, 0.717) is 28.7 Å². The lowest BCUT2D eigenvalue weighted by Crippen LogP contribution is -2.26. The van der Waals surface area contributed by atoms with Crippen LogP contribution < -0.4 is 10.1 Å². The smallest absolute Gasteiger partial charge is 0.344 e. The Balaban J connectivity index is 1.42. The van der Waals surface area contributed by atoms with Crippen LogP contribution in [0.3, 0.4) is 0 Å². The van der Waals surface area contributed by atoms with E-state index in [9.17, 15) is 14.7 Å². The lowest BCUT2D eigenvalue weighted by atomic mass is 9.86. The standard InChI is InChI=1S/C36H41ClN2O4/c1-21(26-10-13-28(14-11-26)36(4,5)6)38-34(40)27-12-15-29-30(22(2)39(32(29)19-27)20-24-7-8-24)17-25-9-16-31(37)33(18-25)43-23(3)35(41)42/h9-16,18-19,21,23-24H,7-8,17,20H2,1-6H3,(H,38,40)(H,41,42)/t21-,23-/m0/s1. The van der Waals surface area contributed by atoms with Gasteiger partial charge in [-0.1, -0.05) is 68.8 Å². The van der Waals surface area contributed by atoms with Crippen LogP contribution >= 0.6 is 11.6 Å². The molecule has 6 nitrogen and oxygen atoms in total. The summed E-state index contributed by atoms with van der Waals surface area (Å²) in [5.74, 6) is -0.133. The fourth-order valence-corrected chi connectivity index (χ4v) is 5.70. The van der Waals surface area contributed by atoms with Gasteiger partial charge in [0.1, 0.15) is 5.75 Å². The minimum absolute atomic E-state index is 0.0787. The fraction of sp³-hybridized carbons (Fsp3) is 0.389. The maximum Gasteiger partial charge on any atom is 0.344 e. The van der Waals surface area contributed by atoms with Crippen molar-refractivity contribution in [3.05, 3.63) is 99.2 Å². The average molecular weight is 601 g/mol. The van der Waals surface area contributed by atoms with Gasteiger partial charge in [-0.05, 0) is 97.9 Å². The van der Waals surface area contributed by atoms with E-state index in [1.54, 1.807) is 6.07 Å². The topological polar surface area (TPSA) is 80.6 Å². The first-order chi connectivity index (χ1) is 20.3. The number of nitrogens with zero attached hydrogens (tertiary/aromatic N) is 1. The highest BCUT2D eigenvalue weighted by Gasteiger charge is 2.26. The Hall–Kier alpha value is -3.77. The van der Waals surface area contributed by atoms with Crippen molar-refractivity contribution < 1.29 is 19.4 Å². The van der Waals surface area contributed by atoms with Gasteiger partial charge in [0.25, 0.3) is 5.91 Å². The SMILES string of the molecule is Cc1c(Cc2ccc(Cl)c(O[C@@H](C)C(=O)O)c2)c2ccc(C(=O)N[C@@H](C)c3ccc(C(C)(C)C)cc3)cc2n1CC1CC1. The summed E-state index contributed by atoms with van der Waals surface area (Å²) in [4.78, 5) is 24.8. The van der Waals surface area contributed by atoms with Crippen LogP contribution in [-0.4, -0.2) is 27.7 Å². The number of carbonyl (C=O) groups excluding carboxylic acids is 1. The zero-order valence-corrected chi connectivity index (χ0v) is 26.6. The van der Waals surface area contributed by atoms with E-state index in [1.165, 1.54) is 36.6 Å². The Kier molecular flexibility index (Phi) is 8.62. The van der Waals surface area contributed by atoms with Crippen LogP contribution in [0.1, 0.15) is 91.8 Å². The summed E-state index contributed by atoms with van der Waals surface area (Å²) >= 11 is 6.33. The third kappa shape index (κ3) is 6.91. The Bertz CT molecular complexity index is 1660. The molecule has 4 aromatic rings. The second kappa shape index (κ2) is 12.1. The van der Waals surface area contributed by atoms with Crippen molar-refractivity contribution in [2.24, 2.45) is 5.92 Å². The number of aliphatic carboxylic acids is 1. The highest BCUT2D eigenvalue weighted by Crippen LogP contribution is 2.36. The van der Waals surface area contributed by atoms with Gasteiger partial charge in [0.2, 0.25) is 0 Å². The predicted octanol–water partition coefficient (Wildman–Crippen LogP) is 8.24. The number of carboxylic acids is 1. The summed E-state index contributed by atoms with van der Waals surface area (Å²) in [5, 5.41) is 13.9. The quantitative estimate of drug-likeness (QED) is 0.192. The molecular weight excluding hydrogens is 560 g/mol. The minimum Gasteiger partial charge on any atom is -0.479 e. The second-order valence-corrected chi connectivity index (χ2v) is 13.4. The zero-order chi connectivity index (χ0) is 31.1. The summed E-state index contributed by atoms with van der Waals surface area (Å²) in [5.41, 5.74) is 7.42. The van der Waals surface area contributed by atoms with Crippen LogP contribution in [0.2, 0.25) is 5.02 Å². The van der Waals surface area contributed by atoms with Gasteiger partial charge in [0.05, 0.1) is 11.1 Å². The van der Waals surface area contributed by atoms with Crippen LogP contribution in [-0.2, 0) is 23.2 Å². The molecule has 0 spiro atoms. The van der Waals surface area contributed by atoms with Crippen LogP contribution in [0, 0.1) is 12.8 Å². The minimum atomic E-state index is -1.05. The van der Waals surface area contributed by atoms with E-state index >= 15 is 0 Å². The Labute approximate surface area is 259 Å². The van der Waals surface area contributed by atoms with E-state index < -0.39 is 12.1 Å². The number of halogens is 1. The maximum absolute atomic E-state index is 13.4. The number of benzene rings is 3. The number of hydrogen-bond donors (Lipinski definition) is 2. The number of fused-ring (bicyclic) bond motifs is 1. The Morgan fingerprint density at radius 1 is 1.05 bits per heavy atom. The van der Waals surface area contributed by atoms with Gasteiger partial charge in [-0.3, -0.25) is 4.79 Å². The van der Waals surface area contributed by atoms with Crippen molar-refractivity contribution in [1.82, 2.24) is 9.88 Å². The van der Waals surface area contributed by atoms with Crippen molar-refractivity contribution >= 4 is 34.4 Å². The van der Waals surface area contributed by atoms with Gasteiger partial charge in [0.15, 0.2) is 6.10 Å². The highest BCUT2D eigenvalue weighted by atomic mass is 35.5. The number of aromatic nitrogens is 1. The first-order valence-corrected chi connectivity index (χ1v) is 15.4. The molecule has 0 bridgehead atoms. The van der Waals surface area contributed by atoms with Crippen LogP contribution in [0.25, 0.3) is 10.9 Å².